The number of unbranched alkanes of at least 4 members (excludes halogenated alkanes) is 1. The minimum atomic E-state index is -0.244. The highest BCUT2D eigenvalue weighted by Crippen LogP contribution is 2.14. The molecule has 0 spiro atoms. The van der Waals surface area contributed by atoms with Gasteiger partial charge in [0.25, 0.3) is 0 Å². The molecule has 1 rings (SSSR count). The largest absolute Gasteiger partial charge is 0.494 e. The average Bonchev–Trinajstić information content (AvgIpc) is 2.56. The minimum absolute atomic E-state index is 0. The van der Waals surface area contributed by atoms with Gasteiger partial charge in [0.2, 0.25) is 5.91 Å². The number of halogens is 1. The van der Waals surface area contributed by atoms with Crippen LogP contribution in [0.3, 0.4) is 0 Å². The maximum Gasteiger partial charge on any atom is 0.239 e. The van der Waals surface area contributed by atoms with Crippen LogP contribution in [0.1, 0.15) is 53.0 Å². The summed E-state index contributed by atoms with van der Waals surface area (Å²) in [5.41, 5.74) is 0.822. The number of aliphatic imine (C=N–C) groups is 1. The Balaban J connectivity index is 0.00000676. The van der Waals surface area contributed by atoms with Gasteiger partial charge in [-0.25, -0.2) is 4.99 Å². The molecule has 7 heteroatoms. The van der Waals surface area contributed by atoms with Gasteiger partial charge in [0.15, 0.2) is 5.96 Å². The van der Waals surface area contributed by atoms with Crippen molar-refractivity contribution in [2.75, 3.05) is 19.7 Å². The third-order valence-electron chi connectivity index (χ3n) is 3.36. The lowest BCUT2D eigenvalue weighted by atomic mass is 10.1. The predicted octanol–water partition coefficient (Wildman–Crippen LogP) is 3.45. The SMILES string of the molecule is CCCCOc1cccc(CN=C(NCC)NCC(=O)NC(C)(C)C)c1.I. The van der Waals surface area contributed by atoms with E-state index < -0.39 is 0 Å². The van der Waals surface area contributed by atoms with Gasteiger partial charge in [0, 0.05) is 12.1 Å². The summed E-state index contributed by atoms with van der Waals surface area (Å²) in [5.74, 6) is 1.43. The highest BCUT2D eigenvalue weighted by Gasteiger charge is 2.13. The van der Waals surface area contributed by atoms with Crippen LogP contribution in [0.15, 0.2) is 29.3 Å². The molecule has 0 heterocycles. The lowest BCUT2D eigenvalue weighted by molar-refractivity contribution is -0.121. The molecule has 27 heavy (non-hydrogen) atoms. The van der Waals surface area contributed by atoms with Crippen LogP contribution in [0, 0.1) is 0 Å². The zero-order valence-electron chi connectivity index (χ0n) is 17.2. The van der Waals surface area contributed by atoms with Crippen molar-refractivity contribution in [1.82, 2.24) is 16.0 Å². The molecule has 1 aromatic carbocycles. The first-order chi connectivity index (χ1) is 12.3. The van der Waals surface area contributed by atoms with Gasteiger partial charge < -0.3 is 20.7 Å². The van der Waals surface area contributed by atoms with E-state index in [9.17, 15) is 4.79 Å². The molecule has 1 aromatic rings. The second-order valence-electron chi connectivity index (χ2n) is 7.20. The van der Waals surface area contributed by atoms with Gasteiger partial charge in [-0.05, 0) is 51.8 Å². The number of carbonyl (C=O) groups is 1. The van der Waals surface area contributed by atoms with Crippen molar-refractivity contribution in [3.8, 4) is 5.75 Å². The molecule has 0 aliphatic rings. The van der Waals surface area contributed by atoms with Crippen molar-refractivity contribution in [3.63, 3.8) is 0 Å². The van der Waals surface area contributed by atoms with E-state index in [4.69, 9.17) is 4.74 Å². The molecule has 0 aromatic heterocycles. The van der Waals surface area contributed by atoms with Crippen molar-refractivity contribution in [1.29, 1.82) is 0 Å². The van der Waals surface area contributed by atoms with Gasteiger partial charge in [-0.2, -0.15) is 0 Å². The number of carbonyl (C=O) groups excluding carboxylic acids is 1. The fraction of sp³-hybridized carbons (Fsp3) is 0.600. The number of nitrogens with zero attached hydrogens (tertiary/aromatic N) is 1. The molecule has 0 saturated carbocycles. The van der Waals surface area contributed by atoms with E-state index in [1.54, 1.807) is 0 Å². The number of hydrogen-bond acceptors (Lipinski definition) is 3. The van der Waals surface area contributed by atoms with Crippen LogP contribution in [0.2, 0.25) is 0 Å². The average molecular weight is 490 g/mol. The maximum atomic E-state index is 11.9. The summed E-state index contributed by atoms with van der Waals surface area (Å²) in [6.07, 6.45) is 2.16. The lowest BCUT2D eigenvalue weighted by Crippen LogP contribution is -2.48. The summed E-state index contributed by atoms with van der Waals surface area (Å²) in [7, 11) is 0. The predicted molar refractivity (Wildman–Crippen MR) is 123 cm³/mol. The molecule has 0 radical (unpaired) electrons. The van der Waals surface area contributed by atoms with Crippen LogP contribution in [-0.2, 0) is 11.3 Å². The van der Waals surface area contributed by atoms with Gasteiger partial charge in [-0.1, -0.05) is 25.5 Å². The summed E-state index contributed by atoms with van der Waals surface area (Å²) >= 11 is 0. The molecular weight excluding hydrogens is 455 g/mol. The van der Waals surface area contributed by atoms with E-state index in [0.717, 1.165) is 37.3 Å². The third kappa shape index (κ3) is 12.5. The van der Waals surface area contributed by atoms with Gasteiger partial charge in [-0.3, -0.25) is 4.79 Å². The standard InChI is InChI=1S/C20H34N4O2.HI/c1-6-8-12-26-17-11-9-10-16(13-17)14-22-19(21-7-2)23-15-18(25)24-20(3,4)5;/h9-11,13H,6-8,12,14-15H2,1-5H3,(H,24,25)(H2,21,22,23);1H. The maximum absolute atomic E-state index is 11.9. The Morgan fingerprint density at radius 3 is 2.56 bits per heavy atom. The van der Waals surface area contributed by atoms with Crippen molar-refractivity contribution in [2.45, 2.75) is 59.5 Å². The van der Waals surface area contributed by atoms with Gasteiger partial charge in [0.1, 0.15) is 5.75 Å². The second kappa shape index (κ2) is 13.6. The van der Waals surface area contributed by atoms with Crippen molar-refractivity contribution in [2.24, 2.45) is 4.99 Å². The number of benzene rings is 1. The van der Waals surface area contributed by atoms with Crippen LogP contribution in [0.5, 0.6) is 5.75 Å². The third-order valence-corrected chi connectivity index (χ3v) is 3.36. The van der Waals surface area contributed by atoms with E-state index in [1.807, 2.05) is 52.0 Å². The Morgan fingerprint density at radius 2 is 1.93 bits per heavy atom. The molecule has 0 unspecified atom stereocenters. The van der Waals surface area contributed by atoms with Gasteiger partial charge >= 0.3 is 0 Å². The molecular formula is C20H35IN4O2. The lowest BCUT2D eigenvalue weighted by Gasteiger charge is -2.21. The summed E-state index contributed by atoms with van der Waals surface area (Å²) in [6.45, 7) is 12.2. The number of amides is 1. The number of ether oxygens (including phenoxy) is 1. The fourth-order valence-electron chi connectivity index (χ4n) is 2.21. The van der Waals surface area contributed by atoms with E-state index in [2.05, 4.69) is 27.9 Å². The van der Waals surface area contributed by atoms with Crippen LogP contribution in [-0.4, -0.2) is 37.1 Å². The molecule has 0 saturated heterocycles. The summed E-state index contributed by atoms with van der Waals surface area (Å²) in [4.78, 5) is 16.5. The van der Waals surface area contributed by atoms with Crippen LogP contribution in [0.4, 0.5) is 0 Å². The Hall–Kier alpha value is -1.51. The van der Waals surface area contributed by atoms with Crippen molar-refractivity contribution >= 4 is 35.8 Å². The topological polar surface area (TPSA) is 74.8 Å². The highest BCUT2D eigenvalue weighted by atomic mass is 127. The first-order valence-corrected chi connectivity index (χ1v) is 9.39. The second-order valence-corrected chi connectivity index (χ2v) is 7.20. The van der Waals surface area contributed by atoms with E-state index in [-0.39, 0.29) is 42.0 Å². The minimum Gasteiger partial charge on any atom is -0.494 e. The number of nitrogens with one attached hydrogen (secondary N) is 3. The Bertz CT molecular complexity index is 586. The number of rotatable bonds is 9. The Morgan fingerprint density at radius 1 is 1.19 bits per heavy atom. The number of guanidine groups is 1. The van der Waals surface area contributed by atoms with Crippen LogP contribution in [0.25, 0.3) is 0 Å². The fourth-order valence-corrected chi connectivity index (χ4v) is 2.21. The molecule has 3 N–H and O–H groups in total. The monoisotopic (exact) mass is 490 g/mol. The van der Waals surface area contributed by atoms with Gasteiger partial charge in [-0.15, -0.1) is 24.0 Å². The van der Waals surface area contributed by atoms with Crippen molar-refractivity contribution in [3.05, 3.63) is 29.8 Å². The first kappa shape index (κ1) is 25.5. The van der Waals surface area contributed by atoms with Crippen LogP contribution >= 0.6 is 24.0 Å². The quantitative estimate of drug-likeness (QED) is 0.215. The number of hydrogen-bond donors (Lipinski definition) is 3. The molecule has 0 bridgehead atoms. The molecule has 0 fully saturated rings. The normalized spacial score (nSPS) is 11.4. The molecule has 154 valence electrons. The van der Waals surface area contributed by atoms with E-state index in [1.165, 1.54) is 0 Å². The van der Waals surface area contributed by atoms with Crippen molar-refractivity contribution < 1.29 is 9.53 Å². The summed E-state index contributed by atoms with van der Waals surface area (Å²) in [5, 5.41) is 9.14. The first-order valence-electron chi connectivity index (χ1n) is 9.39. The Kier molecular flexibility index (Phi) is 12.9. The van der Waals surface area contributed by atoms with Gasteiger partial charge in [0.05, 0.1) is 19.7 Å². The Labute approximate surface area is 181 Å². The molecule has 1 amide bonds. The molecule has 0 aliphatic carbocycles. The smallest absolute Gasteiger partial charge is 0.239 e. The molecule has 0 aliphatic heterocycles. The summed E-state index contributed by atoms with van der Waals surface area (Å²) in [6, 6.07) is 7.97. The van der Waals surface area contributed by atoms with E-state index >= 15 is 0 Å². The summed E-state index contributed by atoms with van der Waals surface area (Å²) < 4.78 is 5.73. The molecule has 6 nitrogen and oxygen atoms in total. The van der Waals surface area contributed by atoms with E-state index in [0.29, 0.717) is 12.5 Å². The highest BCUT2D eigenvalue weighted by molar-refractivity contribution is 14.0. The molecule has 0 atom stereocenters. The zero-order chi connectivity index (χ0) is 19.4. The van der Waals surface area contributed by atoms with Crippen LogP contribution < -0.4 is 20.7 Å². The zero-order valence-corrected chi connectivity index (χ0v) is 19.6.